The van der Waals surface area contributed by atoms with Gasteiger partial charge < -0.3 is 20.3 Å². The minimum absolute atomic E-state index is 0.0874. The molecule has 0 saturated carbocycles. The summed E-state index contributed by atoms with van der Waals surface area (Å²) in [5, 5.41) is 22.7. The molecule has 0 radical (unpaired) electrons. The number of nitrogens with zero attached hydrogens (tertiary/aromatic N) is 1. The third-order valence-electron chi connectivity index (χ3n) is 5.82. The molecule has 0 aliphatic carbocycles. The van der Waals surface area contributed by atoms with Gasteiger partial charge in [-0.15, -0.1) is 0 Å². The number of ether oxygens (including phenoxy) is 1. The Bertz CT molecular complexity index is 690. The number of likely N-dealkylation sites (tertiary alicyclic amines) is 1. The first-order valence-electron chi connectivity index (χ1n) is 9.84. The van der Waals surface area contributed by atoms with Gasteiger partial charge in [-0.25, -0.2) is 0 Å². The smallest absolute Gasteiger partial charge is 0.394 e. The van der Waals surface area contributed by atoms with E-state index in [1.54, 1.807) is 0 Å². The van der Waals surface area contributed by atoms with E-state index in [4.69, 9.17) is 4.74 Å². The quantitative estimate of drug-likeness (QED) is 0.680. The second kappa shape index (κ2) is 8.99. The maximum atomic E-state index is 12.7. The van der Waals surface area contributed by atoms with Crippen molar-refractivity contribution in [3.8, 4) is 0 Å². The molecule has 2 aliphatic rings. The lowest BCUT2D eigenvalue weighted by Crippen LogP contribution is -2.53. The minimum Gasteiger partial charge on any atom is -0.394 e. The zero-order valence-electron chi connectivity index (χ0n) is 16.2. The number of aliphatic hydroxyl groups excluding tert-OH is 2. The van der Waals surface area contributed by atoms with E-state index in [0.29, 0.717) is 5.92 Å². The molecule has 0 aromatic heterocycles. The molecule has 162 valence electrons. The summed E-state index contributed by atoms with van der Waals surface area (Å²) in [5.41, 5.74) is -0.708. The van der Waals surface area contributed by atoms with Crippen LogP contribution in [0.15, 0.2) is 24.3 Å². The largest absolute Gasteiger partial charge is 0.416 e. The molecule has 3 rings (SSSR count). The van der Waals surface area contributed by atoms with E-state index in [0.717, 1.165) is 50.2 Å². The maximum absolute atomic E-state index is 12.7. The van der Waals surface area contributed by atoms with Gasteiger partial charge in [0.1, 0.15) is 12.2 Å². The molecular weight excluding hydrogens is 389 g/mol. The summed E-state index contributed by atoms with van der Waals surface area (Å²) in [4.78, 5) is 14.5. The van der Waals surface area contributed by atoms with E-state index < -0.39 is 36.0 Å². The van der Waals surface area contributed by atoms with E-state index in [1.165, 1.54) is 0 Å². The van der Waals surface area contributed by atoms with Crippen LogP contribution in [0.25, 0.3) is 0 Å². The third kappa shape index (κ3) is 5.09. The first kappa shape index (κ1) is 22.0. The molecule has 2 fully saturated rings. The van der Waals surface area contributed by atoms with Crippen molar-refractivity contribution in [2.45, 2.75) is 50.3 Å². The van der Waals surface area contributed by atoms with Crippen LogP contribution in [-0.2, 0) is 10.9 Å². The normalized spacial score (nSPS) is 29.2. The molecule has 0 spiro atoms. The number of benzene rings is 1. The lowest BCUT2D eigenvalue weighted by atomic mass is 9.94. The van der Waals surface area contributed by atoms with E-state index in [1.807, 2.05) is 0 Å². The fraction of sp³-hybridized carbons (Fsp3) is 0.650. The van der Waals surface area contributed by atoms with Crippen LogP contribution in [0, 0.1) is 5.92 Å². The summed E-state index contributed by atoms with van der Waals surface area (Å²) in [5.74, 6) is 0.0902. The highest BCUT2D eigenvalue weighted by Crippen LogP contribution is 2.30. The molecule has 4 atom stereocenters. The van der Waals surface area contributed by atoms with Crippen LogP contribution in [0.3, 0.4) is 0 Å². The van der Waals surface area contributed by atoms with Crippen LogP contribution in [0.1, 0.15) is 35.7 Å². The minimum atomic E-state index is -4.46. The van der Waals surface area contributed by atoms with Crippen molar-refractivity contribution >= 4 is 5.91 Å². The zero-order valence-corrected chi connectivity index (χ0v) is 16.2. The van der Waals surface area contributed by atoms with Crippen molar-refractivity contribution < 1.29 is 32.9 Å². The number of rotatable bonds is 5. The average molecular weight is 416 g/mol. The van der Waals surface area contributed by atoms with Crippen LogP contribution in [0.2, 0.25) is 0 Å². The second-order valence-corrected chi connectivity index (χ2v) is 7.88. The van der Waals surface area contributed by atoms with Crippen molar-refractivity contribution in [1.29, 1.82) is 0 Å². The van der Waals surface area contributed by atoms with Crippen LogP contribution < -0.4 is 5.32 Å². The average Bonchev–Trinajstić information content (AvgIpc) is 3.01. The van der Waals surface area contributed by atoms with Gasteiger partial charge in [0.2, 0.25) is 0 Å². The molecule has 29 heavy (non-hydrogen) atoms. The third-order valence-corrected chi connectivity index (χ3v) is 5.82. The summed E-state index contributed by atoms with van der Waals surface area (Å²) in [6, 6.07) is 3.63. The van der Waals surface area contributed by atoms with E-state index in [-0.39, 0.29) is 24.8 Å². The van der Waals surface area contributed by atoms with Crippen LogP contribution >= 0.6 is 0 Å². The van der Waals surface area contributed by atoms with Gasteiger partial charge >= 0.3 is 6.18 Å². The Hall–Kier alpha value is -1.68. The van der Waals surface area contributed by atoms with Crippen molar-refractivity contribution in [1.82, 2.24) is 10.2 Å². The highest BCUT2D eigenvalue weighted by molar-refractivity contribution is 5.94. The Morgan fingerprint density at radius 2 is 1.83 bits per heavy atom. The fourth-order valence-electron chi connectivity index (χ4n) is 4.03. The summed E-state index contributed by atoms with van der Waals surface area (Å²) < 4.78 is 43.7. The summed E-state index contributed by atoms with van der Waals surface area (Å²) in [6.45, 7) is 3.54. The molecule has 1 aromatic carbocycles. The van der Waals surface area contributed by atoms with Gasteiger partial charge in [-0.05, 0) is 56.1 Å². The topological polar surface area (TPSA) is 82.0 Å². The highest BCUT2D eigenvalue weighted by Gasteiger charge is 2.46. The molecule has 0 unspecified atom stereocenters. The summed E-state index contributed by atoms with van der Waals surface area (Å²) in [6.07, 6.45) is -4.58. The van der Waals surface area contributed by atoms with E-state index in [2.05, 4.69) is 17.1 Å². The van der Waals surface area contributed by atoms with Crippen molar-refractivity contribution in [2.75, 3.05) is 26.2 Å². The van der Waals surface area contributed by atoms with Crippen molar-refractivity contribution in [3.05, 3.63) is 35.4 Å². The fourth-order valence-corrected chi connectivity index (χ4v) is 4.03. The number of halogens is 3. The predicted molar refractivity (Wildman–Crippen MR) is 99.3 cm³/mol. The molecule has 2 heterocycles. The first-order chi connectivity index (χ1) is 13.7. The molecule has 6 nitrogen and oxygen atoms in total. The van der Waals surface area contributed by atoms with Gasteiger partial charge in [-0.2, -0.15) is 13.2 Å². The number of piperidine rings is 1. The Morgan fingerprint density at radius 1 is 1.21 bits per heavy atom. The number of hydrogen-bond acceptors (Lipinski definition) is 5. The second-order valence-electron chi connectivity index (χ2n) is 7.88. The molecule has 2 aliphatic heterocycles. The molecule has 1 aromatic rings. The highest BCUT2D eigenvalue weighted by atomic mass is 19.4. The number of hydrogen-bond donors (Lipinski definition) is 3. The maximum Gasteiger partial charge on any atom is 0.416 e. The molecule has 3 N–H and O–H groups in total. The van der Waals surface area contributed by atoms with Crippen molar-refractivity contribution in [2.24, 2.45) is 5.92 Å². The Morgan fingerprint density at radius 3 is 2.38 bits per heavy atom. The van der Waals surface area contributed by atoms with Gasteiger partial charge in [0.15, 0.2) is 0 Å². The number of carbonyl (C=O) groups excluding carboxylic acids is 1. The number of nitrogens with one attached hydrogen (secondary N) is 1. The standard InChI is InChI=1S/C20H27F3N2O4/c1-12-6-8-25(9-7-12)17-15(29-16(11-26)18(17)27)10-24-19(28)13-2-4-14(5-3-13)20(21,22)23/h2-5,12,15-18,26-27H,6-11H2,1H3,(H,24,28)/t15-,16+,17-,18-/m1/s1. The van der Waals surface area contributed by atoms with E-state index in [9.17, 15) is 28.2 Å². The van der Waals surface area contributed by atoms with Gasteiger partial charge in [0.25, 0.3) is 5.91 Å². The predicted octanol–water partition coefficient (Wildman–Crippen LogP) is 1.66. The lowest BCUT2D eigenvalue weighted by Gasteiger charge is -2.38. The SMILES string of the molecule is CC1CCN([C@H]2[C@H](O)[C@H](CO)O[C@@H]2CNC(=O)c2ccc(C(F)(F)F)cc2)CC1. The molecule has 2 saturated heterocycles. The molecule has 0 bridgehead atoms. The van der Waals surface area contributed by atoms with Gasteiger partial charge in [-0.3, -0.25) is 9.69 Å². The zero-order chi connectivity index (χ0) is 21.2. The van der Waals surface area contributed by atoms with Gasteiger partial charge in [-0.1, -0.05) is 6.92 Å². The van der Waals surface area contributed by atoms with Crippen molar-refractivity contribution in [3.63, 3.8) is 0 Å². The Kier molecular flexibility index (Phi) is 6.83. The Balaban J connectivity index is 1.63. The number of aliphatic hydroxyl groups is 2. The lowest BCUT2D eigenvalue weighted by molar-refractivity contribution is -0.137. The van der Waals surface area contributed by atoms with Crippen LogP contribution in [0.4, 0.5) is 13.2 Å². The monoisotopic (exact) mass is 416 g/mol. The van der Waals surface area contributed by atoms with Gasteiger partial charge in [0, 0.05) is 12.1 Å². The Labute approximate surface area is 167 Å². The molecule has 1 amide bonds. The van der Waals surface area contributed by atoms with Crippen LogP contribution in [0.5, 0.6) is 0 Å². The van der Waals surface area contributed by atoms with Crippen LogP contribution in [-0.4, -0.2) is 71.6 Å². The van der Waals surface area contributed by atoms with E-state index >= 15 is 0 Å². The number of alkyl halides is 3. The molecular formula is C20H27F3N2O4. The number of amides is 1. The first-order valence-corrected chi connectivity index (χ1v) is 9.84. The number of carbonyl (C=O) groups is 1. The molecule has 9 heteroatoms. The summed E-state index contributed by atoms with van der Waals surface area (Å²) in [7, 11) is 0. The van der Waals surface area contributed by atoms with Gasteiger partial charge in [0.05, 0.1) is 24.3 Å². The summed E-state index contributed by atoms with van der Waals surface area (Å²) >= 11 is 0.